The molecule has 1 rings (SSSR count). The smallest absolute Gasteiger partial charge is 0.282 e. The van der Waals surface area contributed by atoms with E-state index in [-0.39, 0.29) is 5.92 Å². The summed E-state index contributed by atoms with van der Waals surface area (Å²) in [6.07, 6.45) is 12.8. The summed E-state index contributed by atoms with van der Waals surface area (Å²) in [7, 11) is 2.91. The van der Waals surface area contributed by atoms with Crippen molar-refractivity contribution in [2.75, 3.05) is 14.2 Å². The van der Waals surface area contributed by atoms with Crippen LogP contribution in [0.25, 0.3) is 0 Å². The molecular weight excluding hydrogens is 393 g/mol. The Morgan fingerprint density at radius 3 is 1.77 bits per heavy atom. The van der Waals surface area contributed by atoms with Gasteiger partial charge in [-0.05, 0) is 43.4 Å². The predicted molar refractivity (Wildman–Crippen MR) is 114 cm³/mol. The summed E-state index contributed by atoms with van der Waals surface area (Å²) in [5.74, 6) is -5.35. The van der Waals surface area contributed by atoms with Gasteiger partial charge in [-0.3, -0.25) is 0 Å². The molecule has 0 saturated heterocycles. The normalized spacial score (nSPS) is 13.0. The fraction of sp³-hybridized carbons (Fsp3) is 0.750. The lowest BCUT2D eigenvalue weighted by molar-refractivity contribution is -0.369. The van der Waals surface area contributed by atoms with Crippen LogP contribution < -0.4 is 0 Å². The number of aliphatic hydroxyl groups is 1. The largest absolute Gasteiger partial charge is 0.343 e. The number of hydrogen-bond donors (Lipinski definition) is 1. The zero-order chi connectivity index (χ0) is 22.4. The van der Waals surface area contributed by atoms with Crippen LogP contribution in [0.1, 0.15) is 89.5 Å². The topological polar surface area (TPSA) is 38.7 Å². The van der Waals surface area contributed by atoms with Gasteiger partial charge >= 0.3 is 0 Å². The summed E-state index contributed by atoms with van der Waals surface area (Å²) in [4.78, 5) is 0. The molecule has 1 N–H and O–H groups in total. The molecular formula is C24H39F3O3. The van der Waals surface area contributed by atoms with E-state index in [2.05, 4.69) is 6.92 Å². The van der Waals surface area contributed by atoms with E-state index in [4.69, 9.17) is 9.47 Å². The highest BCUT2D eigenvalue weighted by molar-refractivity contribution is 5.19. The van der Waals surface area contributed by atoms with Gasteiger partial charge in [-0.2, -0.15) is 0 Å². The fourth-order valence-corrected chi connectivity index (χ4v) is 3.92. The van der Waals surface area contributed by atoms with E-state index in [1.165, 1.54) is 39.9 Å². The molecule has 3 nitrogen and oxygen atoms in total. The van der Waals surface area contributed by atoms with Crippen molar-refractivity contribution < 1.29 is 27.8 Å². The SMILES string of the molecule is CCCCCCCCC(CCCCCCc1cc(F)c(F)c(F)c1)C(O)(OC)OC. The monoisotopic (exact) mass is 432 g/mol. The lowest BCUT2D eigenvalue weighted by Gasteiger charge is -2.33. The molecule has 0 fully saturated rings. The van der Waals surface area contributed by atoms with Gasteiger partial charge in [0.1, 0.15) is 0 Å². The molecule has 1 unspecified atom stereocenters. The van der Waals surface area contributed by atoms with Gasteiger partial charge in [0.15, 0.2) is 17.5 Å². The molecule has 30 heavy (non-hydrogen) atoms. The lowest BCUT2D eigenvalue weighted by atomic mass is 9.91. The molecule has 1 atom stereocenters. The molecule has 0 aliphatic heterocycles. The Balaban J connectivity index is 2.36. The zero-order valence-corrected chi connectivity index (χ0v) is 18.8. The molecule has 0 radical (unpaired) electrons. The van der Waals surface area contributed by atoms with Crippen molar-refractivity contribution in [3.8, 4) is 0 Å². The van der Waals surface area contributed by atoms with Gasteiger partial charge < -0.3 is 14.6 Å². The van der Waals surface area contributed by atoms with E-state index in [0.29, 0.717) is 12.0 Å². The summed E-state index contributed by atoms with van der Waals surface area (Å²) in [6.45, 7) is 2.20. The lowest BCUT2D eigenvalue weighted by Crippen LogP contribution is -2.42. The van der Waals surface area contributed by atoms with Gasteiger partial charge in [0.2, 0.25) is 0 Å². The van der Waals surface area contributed by atoms with Crippen LogP contribution in [0.3, 0.4) is 0 Å². The summed E-state index contributed by atoms with van der Waals surface area (Å²) in [5.41, 5.74) is 0.473. The molecule has 0 spiro atoms. The maximum Gasteiger partial charge on any atom is 0.282 e. The number of ether oxygens (including phenoxy) is 2. The van der Waals surface area contributed by atoms with Crippen LogP contribution in [0.15, 0.2) is 12.1 Å². The maximum absolute atomic E-state index is 13.3. The maximum atomic E-state index is 13.3. The van der Waals surface area contributed by atoms with E-state index in [1.807, 2.05) is 0 Å². The first-order valence-electron chi connectivity index (χ1n) is 11.3. The second kappa shape index (κ2) is 14.8. The molecule has 0 aliphatic carbocycles. The highest BCUT2D eigenvalue weighted by atomic mass is 19.2. The first kappa shape index (κ1) is 26.9. The van der Waals surface area contributed by atoms with E-state index in [9.17, 15) is 18.3 Å². The van der Waals surface area contributed by atoms with Gasteiger partial charge in [0.05, 0.1) is 0 Å². The van der Waals surface area contributed by atoms with Gasteiger partial charge in [-0.25, -0.2) is 13.2 Å². The molecule has 0 aliphatic rings. The van der Waals surface area contributed by atoms with Crippen LogP contribution in [-0.4, -0.2) is 25.3 Å². The third-order valence-corrected chi connectivity index (χ3v) is 5.82. The Labute approximate surface area is 180 Å². The van der Waals surface area contributed by atoms with Crippen molar-refractivity contribution in [1.29, 1.82) is 0 Å². The second-order valence-corrected chi connectivity index (χ2v) is 8.12. The summed E-state index contributed by atoms with van der Waals surface area (Å²) in [5, 5.41) is 10.6. The molecule has 6 heteroatoms. The van der Waals surface area contributed by atoms with Crippen molar-refractivity contribution in [3.63, 3.8) is 0 Å². The van der Waals surface area contributed by atoms with Crippen molar-refractivity contribution in [1.82, 2.24) is 0 Å². The predicted octanol–water partition coefficient (Wildman–Crippen LogP) is 6.90. The van der Waals surface area contributed by atoms with Crippen molar-refractivity contribution in [3.05, 3.63) is 35.1 Å². The average Bonchev–Trinajstić information content (AvgIpc) is 2.74. The zero-order valence-electron chi connectivity index (χ0n) is 18.8. The van der Waals surface area contributed by atoms with Gasteiger partial charge in [-0.15, -0.1) is 0 Å². The Hall–Kier alpha value is -1.11. The van der Waals surface area contributed by atoms with E-state index < -0.39 is 23.4 Å². The third kappa shape index (κ3) is 9.36. The Kier molecular flexibility index (Phi) is 13.3. The summed E-state index contributed by atoms with van der Waals surface area (Å²) >= 11 is 0. The number of hydrogen-bond acceptors (Lipinski definition) is 3. The molecule has 1 aromatic carbocycles. The molecule has 0 saturated carbocycles. The number of halogens is 3. The van der Waals surface area contributed by atoms with E-state index in [1.54, 1.807) is 0 Å². The number of unbranched alkanes of at least 4 members (excludes halogenated alkanes) is 8. The Morgan fingerprint density at radius 1 is 0.800 bits per heavy atom. The number of aryl methyl sites for hydroxylation is 1. The third-order valence-electron chi connectivity index (χ3n) is 5.82. The second-order valence-electron chi connectivity index (χ2n) is 8.12. The minimum absolute atomic E-state index is 0.0982. The Morgan fingerprint density at radius 2 is 1.27 bits per heavy atom. The minimum atomic E-state index is -1.56. The summed E-state index contributed by atoms with van der Waals surface area (Å²) < 4.78 is 50.0. The molecule has 0 amide bonds. The van der Waals surface area contributed by atoms with E-state index in [0.717, 1.165) is 63.5 Å². The van der Waals surface area contributed by atoms with Crippen molar-refractivity contribution >= 4 is 0 Å². The quantitative estimate of drug-likeness (QED) is 0.165. The minimum Gasteiger partial charge on any atom is -0.343 e. The van der Waals surface area contributed by atoms with Gasteiger partial charge in [-0.1, -0.05) is 64.7 Å². The Bertz CT molecular complexity index is 568. The molecule has 0 heterocycles. The summed E-state index contributed by atoms with van der Waals surface area (Å²) in [6, 6.07) is 2.12. The van der Waals surface area contributed by atoms with Crippen molar-refractivity contribution in [2.45, 2.75) is 96.4 Å². The van der Waals surface area contributed by atoms with Crippen LogP contribution in [-0.2, 0) is 15.9 Å². The first-order chi connectivity index (χ1) is 14.4. The van der Waals surface area contributed by atoms with Crippen LogP contribution >= 0.6 is 0 Å². The number of methoxy groups -OCH3 is 2. The fourth-order valence-electron chi connectivity index (χ4n) is 3.92. The average molecular weight is 433 g/mol. The highest BCUT2D eigenvalue weighted by Gasteiger charge is 2.36. The number of rotatable bonds is 17. The van der Waals surface area contributed by atoms with E-state index >= 15 is 0 Å². The van der Waals surface area contributed by atoms with Gasteiger partial charge in [0, 0.05) is 20.1 Å². The van der Waals surface area contributed by atoms with Crippen LogP contribution in [0, 0.1) is 23.4 Å². The number of benzene rings is 1. The van der Waals surface area contributed by atoms with Crippen LogP contribution in [0.5, 0.6) is 0 Å². The van der Waals surface area contributed by atoms with Gasteiger partial charge in [0.25, 0.3) is 5.97 Å². The molecule has 0 aromatic heterocycles. The highest BCUT2D eigenvalue weighted by Crippen LogP contribution is 2.30. The standard InChI is InChI=1S/C24H39F3O3/c1-4-5-6-7-8-12-15-20(24(28,29-2)30-3)16-13-10-9-11-14-19-17-21(25)23(27)22(26)18-19/h17-18,20,28H,4-16H2,1-3H3. The van der Waals surface area contributed by atoms with Crippen LogP contribution in [0.4, 0.5) is 13.2 Å². The molecule has 174 valence electrons. The first-order valence-corrected chi connectivity index (χ1v) is 11.3. The van der Waals surface area contributed by atoms with Crippen molar-refractivity contribution in [2.24, 2.45) is 5.92 Å². The molecule has 0 bridgehead atoms. The molecule has 1 aromatic rings. The van der Waals surface area contributed by atoms with Crippen LogP contribution in [0.2, 0.25) is 0 Å².